The van der Waals surface area contributed by atoms with Crippen molar-refractivity contribution in [2.45, 2.75) is 38.7 Å². The molecule has 0 spiro atoms. The molecule has 82 valence electrons. The van der Waals surface area contributed by atoms with Gasteiger partial charge in [0.1, 0.15) is 5.78 Å². The maximum atomic E-state index is 11.2. The Bertz CT molecular complexity index is 201. The van der Waals surface area contributed by atoms with Crippen molar-refractivity contribution in [3.63, 3.8) is 0 Å². The lowest BCUT2D eigenvalue weighted by Crippen LogP contribution is -2.39. The Morgan fingerprint density at radius 2 is 2.21 bits per heavy atom. The number of ketones is 1. The fraction of sp³-hybridized carbons (Fsp3) is 0.909. The van der Waals surface area contributed by atoms with Crippen molar-refractivity contribution < 1.29 is 9.53 Å². The van der Waals surface area contributed by atoms with Crippen molar-refractivity contribution in [2.24, 2.45) is 0 Å². The van der Waals surface area contributed by atoms with Crippen LogP contribution in [0.25, 0.3) is 0 Å². The maximum absolute atomic E-state index is 11.2. The molecule has 0 radical (unpaired) electrons. The van der Waals surface area contributed by atoms with Crippen LogP contribution in [-0.4, -0.2) is 43.0 Å². The predicted molar refractivity (Wildman–Crippen MR) is 56.4 cm³/mol. The van der Waals surface area contributed by atoms with Gasteiger partial charge in [-0.1, -0.05) is 0 Å². The lowest BCUT2D eigenvalue weighted by atomic mass is 10.0. The topological polar surface area (TPSA) is 29.5 Å². The van der Waals surface area contributed by atoms with Gasteiger partial charge in [-0.15, -0.1) is 0 Å². The summed E-state index contributed by atoms with van der Waals surface area (Å²) in [4.78, 5) is 13.4. The molecule has 1 saturated heterocycles. The molecular formula is C11H21NO2. The molecule has 0 bridgehead atoms. The summed E-state index contributed by atoms with van der Waals surface area (Å²) in [7, 11) is 1.74. The zero-order valence-corrected chi connectivity index (χ0v) is 9.51. The molecule has 14 heavy (non-hydrogen) atoms. The number of likely N-dealkylation sites (tertiary alicyclic amines) is 1. The highest BCUT2D eigenvalue weighted by Crippen LogP contribution is 2.15. The molecule has 3 nitrogen and oxygen atoms in total. The number of ether oxygens (including phenoxy) is 1. The molecule has 0 aliphatic carbocycles. The molecule has 0 atom stereocenters. The van der Waals surface area contributed by atoms with Gasteiger partial charge < -0.3 is 4.74 Å². The molecule has 3 heteroatoms. The van der Waals surface area contributed by atoms with Crippen LogP contribution in [0.5, 0.6) is 0 Å². The molecular weight excluding hydrogens is 178 g/mol. The summed E-state index contributed by atoms with van der Waals surface area (Å²) >= 11 is 0. The van der Waals surface area contributed by atoms with Crippen molar-refractivity contribution in [3.05, 3.63) is 0 Å². The van der Waals surface area contributed by atoms with Crippen LogP contribution in [0.15, 0.2) is 0 Å². The van der Waals surface area contributed by atoms with E-state index in [2.05, 4.69) is 18.7 Å². The normalized spacial score (nSPS) is 20.1. The van der Waals surface area contributed by atoms with E-state index in [1.807, 2.05) is 0 Å². The Morgan fingerprint density at radius 3 is 2.79 bits per heavy atom. The van der Waals surface area contributed by atoms with E-state index < -0.39 is 0 Å². The zero-order chi connectivity index (χ0) is 10.6. The molecule has 1 rings (SSSR count). The van der Waals surface area contributed by atoms with Gasteiger partial charge in [0.05, 0.1) is 12.1 Å². The fourth-order valence-electron chi connectivity index (χ4n) is 1.63. The van der Waals surface area contributed by atoms with E-state index in [9.17, 15) is 4.79 Å². The molecule has 0 saturated carbocycles. The number of hydrogen-bond donors (Lipinski definition) is 0. The number of hydrogen-bond acceptors (Lipinski definition) is 3. The summed E-state index contributed by atoms with van der Waals surface area (Å²) < 4.78 is 5.34. The molecule has 1 aliphatic rings. The first-order valence-corrected chi connectivity index (χ1v) is 5.33. The van der Waals surface area contributed by atoms with Crippen molar-refractivity contribution in [1.82, 2.24) is 4.90 Å². The number of rotatable bonds is 4. The Hall–Kier alpha value is -0.410. The first kappa shape index (κ1) is 11.7. The zero-order valence-electron chi connectivity index (χ0n) is 9.51. The highest BCUT2D eigenvalue weighted by Gasteiger charge is 2.21. The molecule has 0 aromatic rings. The summed E-state index contributed by atoms with van der Waals surface area (Å²) in [6.45, 7) is 6.83. The van der Waals surface area contributed by atoms with Gasteiger partial charge in [0.2, 0.25) is 0 Å². The second-order valence-electron chi connectivity index (χ2n) is 4.63. The Balaban J connectivity index is 2.27. The summed E-state index contributed by atoms with van der Waals surface area (Å²) in [5.74, 6) is 0.381. The molecule has 0 aromatic heterocycles. The largest absolute Gasteiger partial charge is 0.379 e. The lowest BCUT2D eigenvalue weighted by molar-refractivity contribution is -0.122. The smallest absolute Gasteiger partial charge is 0.146 e. The number of carbonyl (C=O) groups is 1. The average molecular weight is 199 g/mol. The van der Waals surface area contributed by atoms with Crippen molar-refractivity contribution >= 4 is 5.78 Å². The molecule has 0 unspecified atom stereocenters. The van der Waals surface area contributed by atoms with Gasteiger partial charge in [0.25, 0.3) is 0 Å². The van der Waals surface area contributed by atoms with Gasteiger partial charge >= 0.3 is 0 Å². The number of methoxy groups -OCH3 is 1. The van der Waals surface area contributed by atoms with E-state index >= 15 is 0 Å². The number of Topliss-reactive ketones (excluding diaryl/α,β-unsaturated/α-hetero) is 1. The highest BCUT2D eigenvalue weighted by atomic mass is 16.5. The minimum Gasteiger partial charge on any atom is -0.379 e. The van der Waals surface area contributed by atoms with Gasteiger partial charge in [-0.3, -0.25) is 9.69 Å². The van der Waals surface area contributed by atoms with Crippen molar-refractivity contribution in [1.29, 1.82) is 0 Å². The summed E-state index contributed by atoms with van der Waals surface area (Å²) in [5.41, 5.74) is -0.0690. The predicted octanol–water partition coefficient (Wildman–Crippen LogP) is 1.47. The van der Waals surface area contributed by atoms with E-state index in [-0.39, 0.29) is 5.60 Å². The minimum atomic E-state index is -0.0690. The van der Waals surface area contributed by atoms with Gasteiger partial charge in [0, 0.05) is 20.1 Å². The van der Waals surface area contributed by atoms with Gasteiger partial charge in [-0.2, -0.15) is 0 Å². The standard InChI is InChI=1S/C11H21NO2/c1-11(2,14-3)6-8-12-7-4-5-10(13)9-12/h4-9H2,1-3H3. The third kappa shape index (κ3) is 3.76. The van der Waals surface area contributed by atoms with E-state index in [4.69, 9.17) is 4.74 Å². The van der Waals surface area contributed by atoms with Crippen LogP contribution in [0.3, 0.4) is 0 Å². The van der Waals surface area contributed by atoms with E-state index in [0.29, 0.717) is 12.3 Å². The first-order chi connectivity index (χ1) is 6.53. The second kappa shape index (κ2) is 4.89. The van der Waals surface area contributed by atoms with Crippen molar-refractivity contribution in [2.75, 3.05) is 26.7 Å². The maximum Gasteiger partial charge on any atom is 0.146 e. The third-order valence-corrected chi connectivity index (χ3v) is 2.91. The van der Waals surface area contributed by atoms with Crippen LogP contribution in [0.1, 0.15) is 33.1 Å². The van der Waals surface area contributed by atoms with Crippen LogP contribution >= 0.6 is 0 Å². The van der Waals surface area contributed by atoms with Crippen molar-refractivity contribution in [3.8, 4) is 0 Å². The lowest BCUT2D eigenvalue weighted by Gasteiger charge is -2.30. The Kier molecular flexibility index (Phi) is 4.08. The van der Waals surface area contributed by atoms with E-state index in [1.54, 1.807) is 7.11 Å². The highest BCUT2D eigenvalue weighted by molar-refractivity contribution is 5.81. The molecule has 1 aliphatic heterocycles. The Morgan fingerprint density at radius 1 is 1.50 bits per heavy atom. The quantitative estimate of drug-likeness (QED) is 0.686. The van der Waals surface area contributed by atoms with Crippen LogP contribution in [-0.2, 0) is 9.53 Å². The van der Waals surface area contributed by atoms with Crippen LogP contribution in [0.4, 0.5) is 0 Å². The molecule has 0 N–H and O–H groups in total. The fourth-order valence-corrected chi connectivity index (χ4v) is 1.63. The SMILES string of the molecule is COC(C)(C)CCN1CCCC(=O)C1. The van der Waals surface area contributed by atoms with Crippen LogP contribution < -0.4 is 0 Å². The monoisotopic (exact) mass is 199 g/mol. The number of nitrogens with zero attached hydrogens (tertiary/aromatic N) is 1. The molecule has 1 heterocycles. The van der Waals surface area contributed by atoms with Gasteiger partial charge in [-0.25, -0.2) is 0 Å². The average Bonchev–Trinajstić information content (AvgIpc) is 2.15. The number of carbonyl (C=O) groups excluding carboxylic acids is 1. The van der Waals surface area contributed by atoms with E-state index in [1.165, 1.54) is 0 Å². The van der Waals surface area contributed by atoms with E-state index in [0.717, 1.165) is 32.4 Å². The number of piperidine rings is 1. The minimum absolute atomic E-state index is 0.0690. The third-order valence-electron chi connectivity index (χ3n) is 2.91. The second-order valence-corrected chi connectivity index (χ2v) is 4.63. The summed E-state index contributed by atoms with van der Waals surface area (Å²) in [5, 5.41) is 0. The Labute approximate surface area is 86.4 Å². The molecule has 0 amide bonds. The van der Waals surface area contributed by atoms with Gasteiger partial charge in [-0.05, 0) is 33.2 Å². The molecule has 1 fully saturated rings. The van der Waals surface area contributed by atoms with Crippen LogP contribution in [0, 0.1) is 0 Å². The summed E-state index contributed by atoms with van der Waals surface area (Å²) in [6.07, 6.45) is 2.77. The van der Waals surface area contributed by atoms with Gasteiger partial charge in [0.15, 0.2) is 0 Å². The van der Waals surface area contributed by atoms with Crippen LogP contribution in [0.2, 0.25) is 0 Å². The summed E-state index contributed by atoms with van der Waals surface area (Å²) in [6, 6.07) is 0. The first-order valence-electron chi connectivity index (χ1n) is 5.33. The molecule has 0 aromatic carbocycles.